The van der Waals surface area contributed by atoms with Crippen molar-refractivity contribution in [3.8, 4) is 6.01 Å². The number of pyridine rings is 1. The second kappa shape index (κ2) is 7.90. The van der Waals surface area contributed by atoms with Crippen LogP contribution in [-0.4, -0.2) is 43.3 Å². The minimum absolute atomic E-state index is 0.174. The summed E-state index contributed by atoms with van der Waals surface area (Å²) in [6.45, 7) is 3.33. The van der Waals surface area contributed by atoms with Crippen LogP contribution in [0.15, 0.2) is 18.5 Å². The van der Waals surface area contributed by atoms with Crippen molar-refractivity contribution in [3.05, 3.63) is 35.3 Å². The Labute approximate surface area is 188 Å². The Hall–Kier alpha value is -2.90. The Morgan fingerprint density at radius 2 is 1.97 bits per heavy atom. The van der Waals surface area contributed by atoms with Gasteiger partial charge in [-0.15, -0.1) is 5.10 Å². The Balaban J connectivity index is 1.24. The van der Waals surface area contributed by atoms with Gasteiger partial charge in [0.2, 0.25) is 0 Å². The lowest BCUT2D eigenvalue weighted by Crippen LogP contribution is -2.33. The van der Waals surface area contributed by atoms with Crippen molar-refractivity contribution in [1.29, 1.82) is 0 Å². The third-order valence-corrected chi connectivity index (χ3v) is 7.44. The molecule has 8 nitrogen and oxygen atoms in total. The van der Waals surface area contributed by atoms with Gasteiger partial charge >= 0.3 is 6.01 Å². The van der Waals surface area contributed by atoms with Crippen molar-refractivity contribution in [2.24, 2.45) is 5.92 Å². The minimum atomic E-state index is 0.174. The van der Waals surface area contributed by atoms with Crippen molar-refractivity contribution in [3.63, 3.8) is 0 Å². The van der Waals surface area contributed by atoms with Gasteiger partial charge in [0.25, 0.3) is 0 Å². The Kier molecular flexibility index (Phi) is 4.88. The van der Waals surface area contributed by atoms with Gasteiger partial charge in [-0.3, -0.25) is 0 Å². The summed E-state index contributed by atoms with van der Waals surface area (Å²) in [6, 6.07) is 3.27. The van der Waals surface area contributed by atoms with Crippen molar-refractivity contribution >= 4 is 17.3 Å². The molecule has 2 N–H and O–H groups in total. The zero-order valence-electron chi connectivity index (χ0n) is 18.7. The maximum absolute atomic E-state index is 6.18. The number of hydrogen-bond donors (Lipinski definition) is 1. The number of fused-ring (bicyclic) bond motifs is 3. The fraction of sp³-hybridized carbons (Fsp3) is 0.583. The van der Waals surface area contributed by atoms with Crippen LogP contribution in [0.4, 0.5) is 11.6 Å². The Morgan fingerprint density at radius 3 is 2.72 bits per heavy atom. The van der Waals surface area contributed by atoms with Gasteiger partial charge in [-0.25, -0.2) is 14.5 Å². The largest absolute Gasteiger partial charge is 0.459 e. The molecule has 0 radical (unpaired) electrons. The van der Waals surface area contributed by atoms with Crippen molar-refractivity contribution < 1.29 is 4.74 Å². The van der Waals surface area contributed by atoms with E-state index < -0.39 is 0 Å². The van der Waals surface area contributed by atoms with Gasteiger partial charge in [0.15, 0.2) is 11.5 Å². The lowest BCUT2D eigenvalue weighted by molar-refractivity contribution is 0.140. The predicted octanol–water partition coefficient (Wildman–Crippen LogP) is 3.70. The number of ether oxygens (including phenoxy) is 1. The number of rotatable bonds is 5. The van der Waals surface area contributed by atoms with Crippen molar-refractivity contribution in [2.75, 3.05) is 17.2 Å². The zero-order chi connectivity index (χ0) is 21.7. The Morgan fingerprint density at radius 1 is 1.09 bits per heavy atom. The summed E-state index contributed by atoms with van der Waals surface area (Å²) in [7, 11) is 0. The van der Waals surface area contributed by atoms with Gasteiger partial charge in [-0.05, 0) is 68.9 Å². The number of aromatic nitrogens is 5. The molecule has 2 atom stereocenters. The first-order valence-electron chi connectivity index (χ1n) is 12.0. The van der Waals surface area contributed by atoms with Crippen LogP contribution in [0.1, 0.15) is 68.2 Å². The molecule has 3 aromatic heterocycles. The molecule has 32 heavy (non-hydrogen) atoms. The number of nitrogens with zero attached hydrogens (tertiary/aromatic N) is 6. The zero-order valence-corrected chi connectivity index (χ0v) is 18.7. The number of nitrogens with two attached hydrogens (primary N) is 1. The first-order valence-corrected chi connectivity index (χ1v) is 12.0. The number of anilines is 2. The molecule has 3 aromatic rings. The standard InChI is InChI=1S/C24H31N7O/c1-15-9-17(12-26-22(15)30-14-16-7-8-18(30)10-16)11-19-13-27-23-21(25)28-24(29-31(19)23)32-20-5-3-2-4-6-20/h9,12-13,16,18,20H,2-8,10-11,14H2,1H3,(H2,25,28,29)/t16-,18+/m0/s1. The topological polar surface area (TPSA) is 94.5 Å². The highest BCUT2D eigenvalue weighted by Gasteiger charge is 2.38. The first kappa shape index (κ1) is 19.8. The number of nitrogen functional groups attached to an aromatic ring is 1. The van der Waals surface area contributed by atoms with Crippen molar-refractivity contribution in [1.82, 2.24) is 24.6 Å². The molecular weight excluding hydrogens is 402 g/mol. The molecule has 6 rings (SSSR count). The van der Waals surface area contributed by atoms with E-state index >= 15 is 0 Å². The fourth-order valence-corrected chi connectivity index (χ4v) is 5.85. The van der Waals surface area contributed by atoms with Crippen LogP contribution in [0.3, 0.4) is 0 Å². The van der Waals surface area contributed by atoms with Crippen LogP contribution in [0, 0.1) is 12.8 Å². The van der Waals surface area contributed by atoms with Crippen LogP contribution in [0.5, 0.6) is 6.01 Å². The third kappa shape index (κ3) is 3.55. The van der Waals surface area contributed by atoms with E-state index in [1.165, 1.54) is 44.1 Å². The summed E-state index contributed by atoms with van der Waals surface area (Å²) >= 11 is 0. The molecule has 8 heteroatoms. The number of hydrogen-bond acceptors (Lipinski definition) is 7. The second-order valence-corrected chi connectivity index (χ2v) is 9.79. The molecular formula is C24H31N7O. The monoisotopic (exact) mass is 433 g/mol. The summed E-state index contributed by atoms with van der Waals surface area (Å²) in [5.74, 6) is 2.36. The molecule has 0 unspecified atom stereocenters. The average Bonchev–Trinajstić information content (AvgIpc) is 3.51. The van der Waals surface area contributed by atoms with E-state index in [2.05, 4.69) is 33.0 Å². The average molecular weight is 434 g/mol. The summed E-state index contributed by atoms with van der Waals surface area (Å²) in [5.41, 5.74) is 10.1. The summed E-state index contributed by atoms with van der Waals surface area (Å²) < 4.78 is 7.85. The van der Waals surface area contributed by atoms with Gasteiger partial charge in [0.1, 0.15) is 11.9 Å². The van der Waals surface area contributed by atoms with Gasteiger partial charge in [-0.1, -0.05) is 12.5 Å². The van der Waals surface area contributed by atoms with Crippen molar-refractivity contribution in [2.45, 2.75) is 76.9 Å². The molecule has 0 aromatic carbocycles. The number of piperidine rings is 1. The lowest BCUT2D eigenvalue weighted by Gasteiger charge is -2.29. The highest BCUT2D eigenvalue weighted by molar-refractivity contribution is 5.60. The van der Waals surface area contributed by atoms with Gasteiger partial charge in [0, 0.05) is 25.2 Å². The van der Waals surface area contributed by atoms with Crippen LogP contribution < -0.4 is 15.4 Å². The van der Waals surface area contributed by atoms with E-state index in [1.807, 2.05) is 12.4 Å². The maximum atomic E-state index is 6.18. The molecule has 0 amide bonds. The quantitative estimate of drug-likeness (QED) is 0.655. The van der Waals surface area contributed by atoms with Crippen LogP contribution in [0.2, 0.25) is 0 Å². The highest BCUT2D eigenvalue weighted by Crippen LogP contribution is 2.40. The second-order valence-electron chi connectivity index (χ2n) is 9.79. The maximum Gasteiger partial charge on any atom is 0.336 e. The van der Waals surface area contributed by atoms with Crippen LogP contribution in [-0.2, 0) is 6.42 Å². The van der Waals surface area contributed by atoms with E-state index in [1.54, 1.807) is 4.52 Å². The lowest BCUT2D eigenvalue weighted by atomic mass is 9.98. The molecule has 3 aliphatic rings. The molecule has 2 saturated carbocycles. The Bertz CT molecular complexity index is 1140. The molecule has 2 aliphatic carbocycles. The van der Waals surface area contributed by atoms with Gasteiger partial charge in [0.05, 0.1) is 11.9 Å². The van der Waals surface area contributed by atoms with Crippen LogP contribution >= 0.6 is 0 Å². The molecule has 168 valence electrons. The minimum Gasteiger partial charge on any atom is -0.459 e. The number of aryl methyl sites for hydroxylation is 1. The molecule has 2 bridgehead atoms. The first-order chi connectivity index (χ1) is 15.6. The van der Waals surface area contributed by atoms with Gasteiger partial charge in [-0.2, -0.15) is 4.98 Å². The number of imidazole rings is 1. The smallest absolute Gasteiger partial charge is 0.336 e. The van der Waals surface area contributed by atoms with E-state index in [9.17, 15) is 0 Å². The molecule has 3 fully saturated rings. The molecule has 1 aliphatic heterocycles. The van der Waals surface area contributed by atoms with E-state index in [-0.39, 0.29) is 6.10 Å². The normalized spacial score (nSPS) is 23.3. The summed E-state index contributed by atoms with van der Waals surface area (Å²) in [5, 5.41) is 4.63. The van der Waals surface area contributed by atoms with E-state index in [0.717, 1.165) is 42.4 Å². The highest BCUT2D eigenvalue weighted by atomic mass is 16.5. The van der Waals surface area contributed by atoms with Crippen LogP contribution in [0.25, 0.3) is 5.65 Å². The fourth-order valence-electron chi connectivity index (χ4n) is 5.85. The van der Waals surface area contributed by atoms with E-state index in [4.69, 9.17) is 15.5 Å². The molecule has 1 saturated heterocycles. The third-order valence-electron chi connectivity index (χ3n) is 7.44. The summed E-state index contributed by atoms with van der Waals surface area (Å²) in [6.07, 6.45) is 14.5. The summed E-state index contributed by atoms with van der Waals surface area (Å²) in [4.78, 5) is 16.2. The SMILES string of the molecule is Cc1cc(Cc2cnc3c(N)nc(OC4CCCCC4)nn23)cnc1N1C[C@H]2CC[C@@H]1C2. The predicted molar refractivity (Wildman–Crippen MR) is 123 cm³/mol. The van der Waals surface area contributed by atoms with E-state index in [0.29, 0.717) is 29.9 Å². The van der Waals surface area contributed by atoms with Gasteiger partial charge < -0.3 is 15.4 Å². The molecule has 4 heterocycles. The molecule has 0 spiro atoms.